The molecular weight excluding hydrogens is 222 g/mol. The number of nitrogens with one attached hydrogen (secondary N) is 2. The number of nitrogens with zero attached hydrogens (tertiary/aromatic N) is 1. The first-order valence-electron chi connectivity index (χ1n) is 5.63. The molecule has 0 atom stereocenters. The SMILES string of the molecule is CC(C)(C)OC(=O)Nc1nc2c(o1)CNCC2. The summed E-state index contributed by atoms with van der Waals surface area (Å²) >= 11 is 0. The van der Waals surface area contributed by atoms with Crippen molar-refractivity contribution in [1.29, 1.82) is 0 Å². The summed E-state index contributed by atoms with van der Waals surface area (Å²) in [5, 5.41) is 5.66. The standard InChI is InChI=1S/C11H17N3O3/c1-11(2,3)17-10(15)14-9-13-7-4-5-12-6-8(7)16-9/h12H,4-6H2,1-3H3,(H,13,14,15). The van der Waals surface area contributed by atoms with Gasteiger partial charge in [0, 0.05) is 13.0 Å². The van der Waals surface area contributed by atoms with E-state index in [1.54, 1.807) is 20.8 Å². The minimum Gasteiger partial charge on any atom is -0.443 e. The number of fused-ring (bicyclic) bond motifs is 1. The largest absolute Gasteiger partial charge is 0.443 e. The van der Waals surface area contributed by atoms with Gasteiger partial charge in [-0.15, -0.1) is 0 Å². The van der Waals surface area contributed by atoms with Gasteiger partial charge in [0.25, 0.3) is 0 Å². The van der Waals surface area contributed by atoms with Gasteiger partial charge in [-0.1, -0.05) is 0 Å². The van der Waals surface area contributed by atoms with Gasteiger partial charge in [-0.3, -0.25) is 0 Å². The third-order valence-corrected chi connectivity index (χ3v) is 2.21. The van der Waals surface area contributed by atoms with Crippen LogP contribution < -0.4 is 10.6 Å². The number of amides is 1. The molecule has 0 fully saturated rings. The molecule has 1 aromatic heterocycles. The highest BCUT2D eigenvalue weighted by Gasteiger charge is 2.20. The average molecular weight is 239 g/mol. The Bertz CT molecular complexity index is 397. The van der Waals surface area contributed by atoms with Crippen molar-refractivity contribution in [3.05, 3.63) is 11.5 Å². The molecule has 17 heavy (non-hydrogen) atoms. The van der Waals surface area contributed by atoms with E-state index in [0.29, 0.717) is 6.54 Å². The summed E-state index contributed by atoms with van der Waals surface area (Å²) in [7, 11) is 0. The Hall–Kier alpha value is -1.56. The molecule has 0 aromatic carbocycles. The van der Waals surface area contributed by atoms with Gasteiger partial charge in [0.2, 0.25) is 0 Å². The highest BCUT2D eigenvalue weighted by atomic mass is 16.6. The summed E-state index contributed by atoms with van der Waals surface area (Å²) in [6.07, 6.45) is 0.263. The van der Waals surface area contributed by atoms with Crippen LogP contribution in [0.2, 0.25) is 0 Å². The topological polar surface area (TPSA) is 76.4 Å². The van der Waals surface area contributed by atoms with E-state index in [2.05, 4.69) is 15.6 Å². The van der Waals surface area contributed by atoms with Gasteiger partial charge in [0.1, 0.15) is 11.4 Å². The second-order valence-corrected chi connectivity index (χ2v) is 4.94. The highest BCUT2D eigenvalue weighted by Crippen LogP contribution is 2.19. The average Bonchev–Trinajstić information content (AvgIpc) is 2.55. The molecule has 1 aliphatic rings. The number of carbonyl (C=O) groups excluding carboxylic acids is 1. The van der Waals surface area contributed by atoms with Gasteiger partial charge in [0.05, 0.1) is 12.2 Å². The van der Waals surface area contributed by atoms with E-state index in [1.807, 2.05) is 0 Å². The molecule has 1 amide bonds. The number of rotatable bonds is 1. The fourth-order valence-corrected chi connectivity index (χ4v) is 1.57. The Balaban J connectivity index is 1.99. The Labute approximate surface area is 99.7 Å². The monoisotopic (exact) mass is 239 g/mol. The molecule has 2 rings (SSSR count). The predicted octanol–water partition coefficient (Wildman–Crippen LogP) is 1.67. The second kappa shape index (κ2) is 4.37. The number of oxazole rings is 1. The van der Waals surface area contributed by atoms with Crippen molar-refractivity contribution in [3.63, 3.8) is 0 Å². The van der Waals surface area contributed by atoms with Crippen LogP contribution in [0.1, 0.15) is 32.2 Å². The molecule has 1 aromatic rings. The summed E-state index contributed by atoms with van der Waals surface area (Å²) in [5.41, 5.74) is 0.368. The summed E-state index contributed by atoms with van der Waals surface area (Å²) in [4.78, 5) is 15.7. The van der Waals surface area contributed by atoms with E-state index < -0.39 is 11.7 Å². The Morgan fingerprint density at radius 1 is 1.53 bits per heavy atom. The van der Waals surface area contributed by atoms with Gasteiger partial charge in [-0.2, -0.15) is 4.98 Å². The van der Waals surface area contributed by atoms with Gasteiger partial charge in [0.15, 0.2) is 0 Å². The van der Waals surface area contributed by atoms with Crippen LogP contribution in [-0.2, 0) is 17.7 Å². The minimum absolute atomic E-state index is 0.202. The van der Waals surface area contributed by atoms with Crippen LogP contribution in [0.3, 0.4) is 0 Å². The molecule has 6 nitrogen and oxygen atoms in total. The smallest absolute Gasteiger partial charge is 0.415 e. The van der Waals surface area contributed by atoms with Gasteiger partial charge < -0.3 is 14.5 Å². The molecule has 2 heterocycles. The maximum Gasteiger partial charge on any atom is 0.415 e. The lowest BCUT2D eigenvalue weighted by atomic mass is 10.2. The quantitative estimate of drug-likeness (QED) is 0.779. The zero-order valence-electron chi connectivity index (χ0n) is 10.3. The van der Waals surface area contributed by atoms with Crippen LogP contribution in [0.4, 0.5) is 10.8 Å². The van der Waals surface area contributed by atoms with Crippen LogP contribution in [0, 0.1) is 0 Å². The van der Waals surface area contributed by atoms with Crippen LogP contribution in [0.5, 0.6) is 0 Å². The fourth-order valence-electron chi connectivity index (χ4n) is 1.57. The van der Waals surface area contributed by atoms with Crippen molar-refractivity contribution in [2.75, 3.05) is 11.9 Å². The zero-order valence-corrected chi connectivity index (χ0v) is 10.3. The highest BCUT2D eigenvalue weighted by molar-refractivity contribution is 5.82. The Morgan fingerprint density at radius 2 is 2.29 bits per heavy atom. The zero-order chi connectivity index (χ0) is 12.5. The molecule has 2 N–H and O–H groups in total. The first-order valence-corrected chi connectivity index (χ1v) is 5.63. The van der Waals surface area contributed by atoms with Crippen molar-refractivity contribution in [3.8, 4) is 0 Å². The first kappa shape index (κ1) is 11.9. The van der Waals surface area contributed by atoms with E-state index in [4.69, 9.17) is 9.15 Å². The van der Waals surface area contributed by atoms with Crippen LogP contribution in [-0.4, -0.2) is 23.2 Å². The molecule has 0 aliphatic carbocycles. The predicted molar refractivity (Wildman–Crippen MR) is 61.8 cm³/mol. The minimum atomic E-state index is -0.552. The van der Waals surface area contributed by atoms with Crippen molar-refractivity contribution >= 4 is 12.1 Å². The third-order valence-electron chi connectivity index (χ3n) is 2.21. The maximum absolute atomic E-state index is 11.5. The van der Waals surface area contributed by atoms with Crippen LogP contribution in [0.25, 0.3) is 0 Å². The molecule has 0 radical (unpaired) electrons. The molecule has 6 heteroatoms. The molecule has 0 saturated heterocycles. The van der Waals surface area contributed by atoms with E-state index in [0.717, 1.165) is 24.4 Å². The van der Waals surface area contributed by atoms with Crippen LogP contribution in [0.15, 0.2) is 4.42 Å². The molecule has 0 saturated carbocycles. The Morgan fingerprint density at radius 3 is 2.94 bits per heavy atom. The third kappa shape index (κ3) is 3.20. The summed E-state index contributed by atoms with van der Waals surface area (Å²) in [6, 6.07) is 0.202. The van der Waals surface area contributed by atoms with Gasteiger partial charge >= 0.3 is 12.1 Å². The molecule has 0 bridgehead atoms. The number of anilines is 1. The van der Waals surface area contributed by atoms with E-state index >= 15 is 0 Å². The lowest BCUT2D eigenvalue weighted by Gasteiger charge is -2.18. The number of hydrogen-bond donors (Lipinski definition) is 2. The fraction of sp³-hybridized carbons (Fsp3) is 0.636. The number of aromatic nitrogens is 1. The van der Waals surface area contributed by atoms with Gasteiger partial charge in [-0.25, -0.2) is 10.1 Å². The molecule has 0 unspecified atom stereocenters. The molecule has 1 aliphatic heterocycles. The number of ether oxygens (including phenoxy) is 1. The molecule has 0 spiro atoms. The maximum atomic E-state index is 11.5. The van der Waals surface area contributed by atoms with Crippen molar-refractivity contribution < 1.29 is 13.9 Å². The number of hydrogen-bond acceptors (Lipinski definition) is 5. The number of carbonyl (C=O) groups is 1. The molecule has 94 valence electrons. The molecular formula is C11H17N3O3. The van der Waals surface area contributed by atoms with E-state index in [1.165, 1.54) is 0 Å². The summed E-state index contributed by atoms with van der Waals surface area (Å²) in [5.74, 6) is 0.780. The summed E-state index contributed by atoms with van der Waals surface area (Å²) in [6.45, 7) is 6.94. The van der Waals surface area contributed by atoms with Crippen molar-refractivity contribution in [2.24, 2.45) is 0 Å². The van der Waals surface area contributed by atoms with E-state index in [9.17, 15) is 4.79 Å². The second-order valence-electron chi connectivity index (χ2n) is 4.94. The van der Waals surface area contributed by atoms with Gasteiger partial charge in [-0.05, 0) is 20.8 Å². The lowest BCUT2D eigenvalue weighted by molar-refractivity contribution is 0.0631. The van der Waals surface area contributed by atoms with Crippen LogP contribution >= 0.6 is 0 Å². The summed E-state index contributed by atoms with van der Waals surface area (Å²) < 4.78 is 10.5. The normalized spacial score (nSPS) is 15.2. The van der Waals surface area contributed by atoms with E-state index in [-0.39, 0.29) is 6.01 Å². The van der Waals surface area contributed by atoms with Crippen molar-refractivity contribution in [2.45, 2.75) is 39.3 Å². The lowest BCUT2D eigenvalue weighted by Crippen LogP contribution is -2.27. The van der Waals surface area contributed by atoms with Crippen molar-refractivity contribution in [1.82, 2.24) is 10.3 Å². The first-order chi connectivity index (χ1) is 7.94. The Kier molecular flexibility index (Phi) is 3.06.